The quantitative estimate of drug-likeness (QED) is 0.0199. The first-order chi connectivity index (χ1) is 33.5. The van der Waals surface area contributed by atoms with E-state index in [0.29, 0.717) is 19.3 Å². The van der Waals surface area contributed by atoms with E-state index in [1.165, 1.54) is 141 Å². The van der Waals surface area contributed by atoms with E-state index >= 15 is 0 Å². The second-order valence-corrected chi connectivity index (χ2v) is 19.2. The molecule has 0 fully saturated rings. The SMILES string of the molecule is CC/C=C\C/C=C\C/C=C\C/C=C\CCCCCCCCC(=O)OCC(COC(=O)CCCCCCCCCCCCCCCCC)OC(=O)CCCCC/C=C\C=C/CCCCCCCCC. The van der Waals surface area contributed by atoms with Gasteiger partial charge in [0.15, 0.2) is 6.10 Å². The predicted octanol–water partition coefficient (Wildman–Crippen LogP) is 19.4. The standard InChI is InChI=1S/C62H108O6/c1-4-7-10-13-16-19-22-25-28-30-31-32-35-37-40-43-46-49-52-55-61(64)67-58-59(57-66-60(63)54-51-48-45-42-39-36-33-27-24-21-18-15-12-9-6-3)68-62(65)56-53-50-47-44-41-38-34-29-26-23-20-17-14-11-8-5-2/h7,10,16,19,25,28-29,31-32,34,38,41,59H,4-6,8-9,11-15,17-18,20-24,26-27,30,33,35-37,39-40,42-58H2,1-3H3/b10-7-,19-16-,28-25-,32-31-,34-29-,41-38-. The zero-order chi connectivity index (χ0) is 49.3. The Labute approximate surface area is 421 Å². The first kappa shape index (κ1) is 64.8. The fourth-order valence-electron chi connectivity index (χ4n) is 8.13. The van der Waals surface area contributed by atoms with Crippen molar-refractivity contribution in [3.05, 3.63) is 72.9 Å². The summed E-state index contributed by atoms with van der Waals surface area (Å²) < 4.78 is 16.8. The van der Waals surface area contributed by atoms with Gasteiger partial charge in [0.25, 0.3) is 0 Å². The first-order valence-electron chi connectivity index (χ1n) is 29.0. The number of hydrogen-bond donors (Lipinski definition) is 0. The number of ether oxygens (including phenoxy) is 3. The Bertz CT molecular complexity index is 1270. The van der Waals surface area contributed by atoms with Gasteiger partial charge in [-0.15, -0.1) is 0 Å². The lowest BCUT2D eigenvalue weighted by Gasteiger charge is -2.18. The highest BCUT2D eigenvalue weighted by molar-refractivity contribution is 5.71. The summed E-state index contributed by atoms with van der Waals surface area (Å²) in [6.07, 6.45) is 71.7. The smallest absolute Gasteiger partial charge is 0.306 e. The van der Waals surface area contributed by atoms with Crippen LogP contribution in [0, 0.1) is 0 Å². The molecule has 0 aliphatic carbocycles. The van der Waals surface area contributed by atoms with Crippen LogP contribution in [0.15, 0.2) is 72.9 Å². The molecule has 0 N–H and O–H groups in total. The highest BCUT2D eigenvalue weighted by atomic mass is 16.6. The molecular weight excluding hydrogens is 841 g/mol. The van der Waals surface area contributed by atoms with Gasteiger partial charge in [0.2, 0.25) is 0 Å². The third-order valence-electron chi connectivity index (χ3n) is 12.5. The van der Waals surface area contributed by atoms with Gasteiger partial charge in [0.1, 0.15) is 13.2 Å². The fraction of sp³-hybridized carbons (Fsp3) is 0.758. The van der Waals surface area contributed by atoms with E-state index in [0.717, 1.165) is 103 Å². The van der Waals surface area contributed by atoms with Crippen molar-refractivity contribution >= 4 is 17.9 Å². The molecule has 0 aromatic rings. The van der Waals surface area contributed by atoms with Gasteiger partial charge < -0.3 is 14.2 Å². The van der Waals surface area contributed by atoms with Crippen LogP contribution < -0.4 is 0 Å². The Morgan fingerprint density at radius 1 is 0.324 bits per heavy atom. The molecule has 0 aromatic heterocycles. The second-order valence-electron chi connectivity index (χ2n) is 19.2. The number of carbonyl (C=O) groups excluding carboxylic acids is 3. The van der Waals surface area contributed by atoms with E-state index in [4.69, 9.17) is 14.2 Å². The summed E-state index contributed by atoms with van der Waals surface area (Å²) in [6, 6.07) is 0. The largest absolute Gasteiger partial charge is 0.462 e. The number of esters is 3. The molecule has 0 amide bonds. The lowest BCUT2D eigenvalue weighted by molar-refractivity contribution is -0.167. The Kier molecular flexibility index (Phi) is 53.8. The van der Waals surface area contributed by atoms with Gasteiger partial charge in [0.05, 0.1) is 0 Å². The Hall–Kier alpha value is -3.15. The van der Waals surface area contributed by atoms with Gasteiger partial charge in [0, 0.05) is 19.3 Å². The van der Waals surface area contributed by atoms with E-state index in [1.807, 2.05) is 0 Å². The van der Waals surface area contributed by atoms with Crippen molar-refractivity contribution in [3.8, 4) is 0 Å². The van der Waals surface area contributed by atoms with Gasteiger partial charge in [-0.05, 0) is 83.5 Å². The number of hydrogen-bond acceptors (Lipinski definition) is 6. The molecule has 0 saturated heterocycles. The topological polar surface area (TPSA) is 78.9 Å². The van der Waals surface area contributed by atoms with E-state index < -0.39 is 6.10 Å². The molecule has 0 saturated carbocycles. The van der Waals surface area contributed by atoms with Crippen LogP contribution in [0.2, 0.25) is 0 Å². The van der Waals surface area contributed by atoms with Gasteiger partial charge in [-0.2, -0.15) is 0 Å². The van der Waals surface area contributed by atoms with Gasteiger partial charge >= 0.3 is 17.9 Å². The molecule has 0 aliphatic heterocycles. The van der Waals surface area contributed by atoms with Crippen molar-refractivity contribution < 1.29 is 28.6 Å². The Morgan fingerprint density at radius 3 is 1.00 bits per heavy atom. The minimum atomic E-state index is -0.794. The molecule has 1 unspecified atom stereocenters. The van der Waals surface area contributed by atoms with Gasteiger partial charge in [-0.25, -0.2) is 0 Å². The molecule has 0 spiro atoms. The molecule has 6 heteroatoms. The summed E-state index contributed by atoms with van der Waals surface area (Å²) >= 11 is 0. The van der Waals surface area contributed by atoms with E-state index in [9.17, 15) is 14.4 Å². The summed E-state index contributed by atoms with van der Waals surface area (Å²) in [6.45, 7) is 6.51. The molecular formula is C62H108O6. The number of carbonyl (C=O) groups is 3. The van der Waals surface area contributed by atoms with Crippen LogP contribution in [0.25, 0.3) is 0 Å². The molecule has 0 radical (unpaired) electrons. The lowest BCUT2D eigenvalue weighted by Crippen LogP contribution is -2.30. The Balaban J connectivity index is 4.43. The van der Waals surface area contributed by atoms with Gasteiger partial charge in [-0.1, -0.05) is 254 Å². The summed E-state index contributed by atoms with van der Waals surface area (Å²) in [4.78, 5) is 38.2. The van der Waals surface area contributed by atoms with Crippen LogP contribution >= 0.6 is 0 Å². The average molecular weight is 950 g/mol. The number of unbranched alkanes of at least 4 members (excludes halogenated alkanes) is 30. The number of allylic oxidation sites excluding steroid dienone is 12. The molecule has 68 heavy (non-hydrogen) atoms. The normalized spacial score (nSPS) is 12.6. The molecule has 392 valence electrons. The predicted molar refractivity (Wildman–Crippen MR) is 293 cm³/mol. The molecule has 0 bridgehead atoms. The van der Waals surface area contributed by atoms with E-state index in [-0.39, 0.29) is 31.1 Å². The van der Waals surface area contributed by atoms with Crippen molar-refractivity contribution in [2.75, 3.05) is 13.2 Å². The number of rotatable bonds is 52. The lowest BCUT2D eigenvalue weighted by atomic mass is 10.0. The maximum Gasteiger partial charge on any atom is 0.306 e. The maximum absolute atomic E-state index is 12.8. The summed E-state index contributed by atoms with van der Waals surface area (Å²) in [5.41, 5.74) is 0. The average Bonchev–Trinajstić information content (AvgIpc) is 3.34. The third-order valence-corrected chi connectivity index (χ3v) is 12.5. The summed E-state index contributed by atoms with van der Waals surface area (Å²) in [5, 5.41) is 0. The van der Waals surface area contributed by atoms with Crippen LogP contribution in [-0.2, 0) is 28.6 Å². The van der Waals surface area contributed by atoms with Crippen molar-refractivity contribution in [2.24, 2.45) is 0 Å². The minimum Gasteiger partial charge on any atom is -0.462 e. The molecule has 0 rings (SSSR count). The highest BCUT2D eigenvalue weighted by Gasteiger charge is 2.19. The van der Waals surface area contributed by atoms with E-state index in [2.05, 4.69) is 93.7 Å². The van der Waals surface area contributed by atoms with Gasteiger partial charge in [-0.3, -0.25) is 14.4 Å². The van der Waals surface area contributed by atoms with Crippen LogP contribution in [-0.4, -0.2) is 37.2 Å². The maximum atomic E-state index is 12.8. The molecule has 0 heterocycles. The minimum absolute atomic E-state index is 0.0885. The second kappa shape index (κ2) is 56.4. The zero-order valence-corrected chi connectivity index (χ0v) is 44.9. The fourth-order valence-corrected chi connectivity index (χ4v) is 8.13. The summed E-state index contributed by atoms with van der Waals surface area (Å²) in [7, 11) is 0. The molecule has 0 aliphatic rings. The summed E-state index contributed by atoms with van der Waals surface area (Å²) in [5.74, 6) is -0.920. The van der Waals surface area contributed by atoms with E-state index in [1.54, 1.807) is 0 Å². The zero-order valence-electron chi connectivity index (χ0n) is 44.9. The first-order valence-corrected chi connectivity index (χ1v) is 29.0. The van der Waals surface area contributed by atoms with Crippen LogP contribution in [0.4, 0.5) is 0 Å². The molecule has 0 aromatic carbocycles. The third kappa shape index (κ3) is 53.8. The Morgan fingerprint density at radius 2 is 0.618 bits per heavy atom. The van der Waals surface area contributed by atoms with Crippen LogP contribution in [0.3, 0.4) is 0 Å². The molecule has 1 atom stereocenters. The van der Waals surface area contributed by atoms with Crippen molar-refractivity contribution in [3.63, 3.8) is 0 Å². The van der Waals surface area contributed by atoms with Crippen molar-refractivity contribution in [1.29, 1.82) is 0 Å². The molecule has 6 nitrogen and oxygen atoms in total. The van der Waals surface area contributed by atoms with Crippen molar-refractivity contribution in [1.82, 2.24) is 0 Å². The van der Waals surface area contributed by atoms with Crippen LogP contribution in [0.5, 0.6) is 0 Å². The van der Waals surface area contributed by atoms with Crippen LogP contribution in [0.1, 0.15) is 284 Å². The monoisotopic (exact) mass is 949 g/mol. The van der Waals surface area contributed by atoms with Crippen molar-refractivity contribution in [2.45, 2.75) is 290 Å². The highest BCUT2D eigenvalue weighted by Crippen LogP contribution is 2.16.